The van der Waals surface area contributed by atoms with Crippen molar-refractivity contribution in [2.75, 3.05) is 13.2 Å². The average molecular weight is 508 g/mol. The van der Waals surface area contributed by atoms with E-state index >= 15 is 0 Å². The Kier molecular flexibility index (Phi) is 7.69. The molecule has 1 unspecified atom stereocenters. The van der Waals surface area contributed by atoms with Gasteiger partial charge in [0.25, 0.3) is 0 Å². The number of benzene rings is 4. The van der Waals surface area contributed by atoms with E-state index in [2.05, 4.69) is 29.6 Å². The molecule has 0 heterocycles. The Hall–Kier alpha value is -4.58. The van der Waals surface area contributed by atoms with Crippen molar-refractivity contribution in [3.05, 3.63) is 125 Å². The maximum Gasteiger partial charge on any atom is 0.407 e. The molecule has 6 nitrogen and oxygen atoms in total. The second-order valence-corrected chi connectivity index (χ2v) is 9.29. The van der Waals surface area contributed by atoms with Gasteiger partial charge in [-0.3, -0.25) is 0 Å². The first kappa shape index (κ1) is 25.1. The zero-order valence-corrected chi connectivity index (χ0v) is 20.9. The molecule has 1 atom stereocenters. The van der Waals surface area contributed by atoms with Crippen molar-refractivity contribution < 1.29 is 24.2 Å². The predicted molar refractivity (Wildman–Crippen MR) is 145 cm³/mol. The summed E-state index contributed by atoms with van der Waals surface area (Å²) in [4.78, 5) is 24.5. The van der Waals surface area contributed by atoms with Crippen LogP contribution in [0.3, 0.4) is 0 Å². The van der Waals surface area contributed by atoms with Crippen LogP contribution in [-0.4, -0.2) is 36.4 Å². The zero-order valence-electron chi connectivity index (χ0n) is 20.9. The third-order valence-corrected chi connectivity index (χ3v) is 6.80. The van der Waals surface area contributed by atoms with Crippen molar-refractivity contribution >= 4 is 12.1 Å². The molecule has 0 aromatic heterocycles. The third-order valence-electron chi connectivity index (χ3n) is 6.80. The summed E-state index contributed by atoms with van der Waals surface area (Å²) in [5.74, 6) is -0.506. The molecule has 192 valence electrons. The van der Waals surface area contributed by atoms with Gasteiger partial charge >= 0.3 is 12.1 Å². The quantitative estimate of drug-likeness (QED) is 0.282. The molecule has 2 N–H and O–H groups in total. The number of carbonyl (C=O) groups excluding carboxylic acids is 1. The van der Waals surface area contributed by atoms with Crippen LogP contribution in [0.5, 0.6) is 5.75 Å². The number of hydrogen-bond acceptors (Lipinski definition) is 4. The lowest BCUT2D eigenvalue weighted by molar-refractivity contribution is -0.139. The van der Waals surface area contributed by atoms with Crippen LogP contribution in [0, 0.1) is 0 Å². The number of alkyl carbamates (subject to hydrolysis) is 1. The minimum Gasteiger partial charge on any atom is -0.493 e. The number of fused-ring (bicyclic) bond motifs is 3. The molecular weight excluding hydrogens is 478 g/mol. The molecule has 0 saturated heterocycles. The molecule has 0 radical (unpaired) electrons. The Bertz CT molecular complexity index is 1360. The molecular formula is C32H29NO5. The van der Waals surface area contributed by atoms with Crippen LogP contribution in [0.4, 0.5) is 4.79 Å². The van der Waals surface area contributed by atoms with Gasteiger partial charge in [-0.1, -0.05) is 91.0 Å². The molecule has 0 aliphatic heterocycles. The first-order chi connectivity index (χ1) is 18.6. The second-order valence-electron chi connectivity index (χ2n) is 9.29. The molecule has 1 aliphatic rings. The molecule has 1 aliphatic carbocycles. The van der Waals surface area contributed by atoms with Crippen molar-refractivity contribution in [2.45, 2.75) is 24.8 Å². The summed E-state index contributed by atoms with van der Waals surface area (Å²) >= 11 is 0. The van der Waals surface area contributed by atoms with Crippen molar-refractivity contribution in [3.63, 3.8) is 0 Å². The fraction of sp³-hybridized carbons (Fsp3) is 0.188. The highest BCUT2D eigenvalue weighted by Crippen LogP contribution is 2.44. The number of carboxylic acid groups (broad SMARTS) is 1. The van der Waals surface area contributed by atoms with Crippen molar-refractivity contribution in [1.29, 1.82) is 0 Å². The summed E-state index contributed by atoms with van der Waals surface area (Å²) in [6.45, 7) is 0.672. The Morgan fingerprint density at radius 2 is 1.37 bits per heavy atom. The van der Waals surface area contributed by atoms with Gasteiger partial charge in [-0.2, -0.15) is 0 Å². The van der Waals surface area contributed by atoms with E-state index in [0.717, 1.165) is 34.2 Å². The van der Waals surface area contributed by atoms with E-state index in [1.807, 2.05) is 78.9 Å². The number of rotatable bonds is 10. The summed E-state index contributed by atoms with van der Waals surface area (Å²) in [5, 5.41) is 12.2. The van der Waals surface area contributed by atoms with E-state index in [1.54, 1.807) is 0 Å². The van der Waals surface area contributed by atoms with Crippen LogP contribution in [0.1, 0.15) is 28.2 Å². The Balaban J connectivity index is 1.14. The largest absolute Gasteiger partial charge is 0.493 e. The third kappa shape index (κ3) is 5.86. The van der Waals surface area contributed by atoms with Crippen LogP contribution in [-0.2, 0) is 22.4 Å². The lowest BCUT2D eigenvalue weighted by Gasteiger charge is -2.17. The maximum atomic E-state index is 12.6. The van der Waals surface area contributed by atoms with Gasteiger partial charge in [0.05, 0.1) is 6.61 Å². The number of hydrogen-bond donors (Lipinski definition) is 2. The standard InChI is InChI=1S/C32H29NO5/c34-31(35)30(20-23-14-16-24(17-15-23)37-19-18-22-8-2-1-3-9-22)33-32(36)38-21-29-27-12-6-4-10-25(27)26-11-5-7-13-28(26)29/h1-17,29-30H,18-21H2,(H,33,36)(H,34,35). The maximum absolute atomic E-state index is 12.6. The molecule has 4 aromatic carbocycles. The Morgan fingerprint density at radius 1 is 0.763 bits per heavy atom. The SMILES string of the molecule is O=C(NC(Cc1ccc(OCCc2ccccc2)cc1)C(=O)O)OCC1c2ccccc2-c2ccccc21. The number of ether oxygens (including phenoxy) is 2. The monoisotopic (exact) mass is 507 g/mol. The summed E-state index contributed by atoms with van der Waals surface area (Å²) in [5.41, 5.74) is 6.44. The Labute approximate surface area is 221 Å². The molecule has 4 aromatic rings. The van der Waals surface area contributed by atoms with Crippen molar-refractivity contribution in [1.82, 2.24) is 5.32 Å². The smallest absolute Gasteiger partial charge is 0.407 e. The second kappa shape index (κ2) is 11.6. The first-order valence-corrected chi connectivity index (χ1v) is 12.7. The molecule has 5 rings (SSSR count). The van der Waals surface area contributed by atoms with E-state index in [0.29, 0.717) is 12.4 Å². The summed E-state index contributed by atoms with van der Waals surface area (Å²) in [6, 6.07) is 32.4. The van der Waals surface area contributed by atoms with E-state index in [-0.39, 0.29) is 18.9 Å². The topological polar surface area (TPSA) is 84.9 Å². The molecule has 0 spiro atoms. The van der Waals surface area contributed by atoms with Crippen LogP contribution >= 0.6 is 0 Å². The summed E-state index contributed by atoms with van der Waals surface area (Å²) in [6.07, 6.45) is 0.178. The molecule has 1 amide bonds. The average Bonchev–Trinajstić information content (AvgIpc) is 3.26. The number of amides is 1. The van der Waals surface area contributed by atoms with Gasteiger partial charge in [0, 0.05) is 18.8 Å². The summed E-state index contributed by atoms with van der Waals surface area (Å²) < 4.78 is 11.3. The minimum atomic E-state index is -1.12. The van der Waals surface area contributed by atoms with Gasteiger partial charge in [-0.25, -0.2) is 9.59 Å². The lowest BCUT2D eigenvalue weighted by Crippen LogP contribution is -2.42. The molecule has 38 heavy (non-hydrogen) atoms. The van der Waals surface area contributed by atoms with Gasteiger partial charge in [0.2, 0.25) is 0 Å². The van der Waals surface area contributed by atoms with E-state index < -0.39 is 18.1 Å². The first-order valence-electron chi connectivity index (χ1n) is 12.7. The van der Waals surface area contributed by atoms with Crippen LogP contribution in [0.25, 0.3) is 11.1 Å². The highest BCUT2D eigenvalue weighted by atomic mass is 16.5. The van der Waals surface area contributed by atoms with Gasteiger partial charge in [0.1, 0.15) is 18.4 Å². The van der Waals surface area contributed by atoms with Crippen molar-refractivity contribution in [3.8, 4) is 16.9 Å². The molecule has 0 saturated carbocycles. The molecule has 0 bridgehead atoms. The lowest BCUT2D eigenvalue weighted by atomic mass is 9.98. The number of nitrogens with one attached hydrogen (secondary N) is 1. The fourth-order valence-corrected chi connectivity index (χ4v) is 4.87. The highest BCUT2D eigenvalue weighted by molar-refractivity contribution is 5.81. The van der Waals surface area contributed by atoms with E-state index in [4.69, 9.17) is 9.47 Å². The number of carboxylic acids is 1. The number of carbonyl (C=O) groups is 2. The Morgan fingerprint density at radius 3 is 2.00 bits per heavy atom. The molecule has 6 heteroatoms. The van der Waals surface area contributed by atoms with Gasteiger partial charge in [0.15, 0.2) is 0 Å². The van der Waals surface area contributed by atoms with Crippen LogP contribution in [0.2, 0.25) is 0 Å². The highest BCUT2D eigenvalue weighted by Gasteiger charge is 2.29. The van der Waals surface area contributed by atoms with Crippen LogP contribution in [0.15, 0.2) is 103 Å². The normalized spacial score (nSPS) is 12.7. The molecule has 0 fully saturated rings. The number of aliphatic carboxylic acids is 1. The van der Waals surface area contributed by atoms with Crippen molar-refractivity contribution in [2.24, 2.45) is 0 Å². The predicted octanol–water partition coefficient (Wildman–Crippen LogP) is 5.84. The van der Waals surface area contributed by atoms with E-state index in [9.17, 15) is 14.7 Å². The van der Waals surface area contributed by atoms with Gasteiger partial charge in [-0.15, -0.1) is 0 Å². The zero-order chi connectivity index (χ0) is 26.3. The van der Waals surface area contributed by atoms with Gasteiger partial charge in [-0.05, 0) is 45.5 Å². The van der Waals surface area contributed by atoms with E-state index in [1.165, 1.54) is 5.56 Å². The van der Waals surface area contributed by atoms with Gasteiger partial charge < -0.3 is 19.9 Å². The van der Waals surface area contributed by atoms with Crippen LogP contribution < -0.4 is 10.1 Å². The summed E-state index contributed by atoms with van der Waals surface area (Å²) in [7, 11) is 0. The minimum absolute atomic E-state index is 0.0918. The fourth-order valence-electron chi connectivity index (χ4n) is 4.87.